The topological polar surface area (TPSA) is 53.6 Å². The summed E-state index contributed by atoms with van der Waals surface area (Å²) in [6, 6.07) is 5.57. The predicted molar refractivity (Wildman–Crippen MR) is 75.6 cm³/mol. The molecule has 1 amide bonds. The smallest absolute Gasteiger partial charge is 0.242 e. The van der Waals surface area contributed by atoms with E-state index in [0.29, 0.717) is 5.75 Å². The number of carbonyl (C=O) groups is 1. The molecule has 1 unspecified atom stereocenters. The van der Waals surface area contributed by atoms with Gasteiger partial charge in [-0.1, -0.05) is 6.07 Å². The quantitative estimate of drug-likeness (QED) is 0.849. The van der Waals surface area contributed by atoms with Crippen LogP contribution in [-0.2, 0) is 4.79 Å². The van der Waals surface area contributed by atoms with E-state index in [9.17, 15) is 4.79 Å². The molecule has 0 bridgehead atoms. The Bertz CT molecular complexity index is 462. The first-order valence-corrected chi connectivity index (χ1v) is 6.47. The van der Waals surface area contributed by atoms with Crippen molar-refractivity contribution in [2.45, 2.75) is 13.0 Å². The monoisotopic (exact) mass is 263 g/mol. The Balaban J connectivity index is 2.07. The summed E-state index contributed by atoms with van der Waals surface area (Å²) < 4.78 is 5.26. The molecule has 1 aromatic carbocycles. The molecule has 1 aromatic rings. The number of aryl methyl sites for hydroxylation is 1. The van der Waals surface area contributed by atoms with Gasteiger partial charge in [0.25, 0.3) is 0 Å². The number of carbonyl (C=O) groups excluding carboxylic acids is 1. The molecule has 104 valence electrons. The summed E-state index contributed by atoms with van der Waals surface area (Å²) in [7, 11) is 3.63. The molecule has 0 spiro atoms. The Morgan fingerprint density at radius 2 is 2.32 bits per heavy atom. The fraction of sp³-hybridized carbons (Fsp3) is 0.500. The zero-order valence-electron chi connectivity index (χ0n) is 11.7. The van der Waals surface area contributed by atoms with Crippen molar-refractivity contribution in [3.8, 4) is 5.75 Å². The highest BCUT2D eigenvalue weighted by Crippen LogP contribution is 2.25. The summed E-state index contributed by atoms with van der Waals surface area (Å²) in [6.07, 6.45) is 0. The second kappa shape index (κ2) is 6.04. The number of nitrogens with zero attached hydrogens (tertiary/aromatic N) is 1. The molecule has 5 nitrogen and oxygen atoms in total. The Kier molecular flexibility index (Phi) is 4.39. The van der Waals surface area contributed by atoms with E-state index in [4.69, 9.17) is 4.74 Å². The molecule has 1 saturated heterocycles. The first kappa shape index (κ1) is 13.8. The van der Waals surface area contributed by atoms with E-state index in [1.165, 1.54) is 0 Å². The number of rotatable bonds is 3. The summed E-state index contributed by atoms with van der Waals surface area (Å²) in [6.45, 7) is 4.51. The molecule has 1 aliphatic rings. The summed E-state index contributed by atoms with van der Waals surface area (Å²) in [5, 5.41) is 6.17. The minimum absolute atomic E-state index is 0.0181. The third-order valence-electron chi connectivity index (χ3n) is 3.31. The SMILES string of the molecule is COc1ccc(C)cc1NC(=O)C1CN(C)CCN1. The fourth-order valence-electron chi connectivity index (χ4n) is 2.21. The van der Waals surface area contributed by atoms with Crippen LogP contribution in [0.2, 0.25) is 0 Å². The van der Waals surface area contributed by atoms with Gasteiger partial charge in [0.15, 0.2) is 0 Å². The van der Waals surface area contributed by atoms with Crippen molar-refractivity contribution in [2.24, 2.45) is 0 Å². The van der Waals surface area contributed by atoms with E-state index in [1.807, 2.05) is 32.2 Å². The van der Waals surface area contributed by atoms with Crippen LogP contribution in [0.3, 0.4) is 0 Å². The second-order valence-electron chi connectivity index (χ2n) is 4.96. The lowest BCUT2D eigenvalue weighted by Crippen LogP contribution is -2.54. The van der Waals surface area contributed by atoms with Gasteiger partial charge < -0.3 is 20.3 Å². The van der Waals surface area contributed by atoms with Gasteiger partial charge in [-0.2, -0.15) is 0 Å². The molecular formula is C14H21N3O2. The van der Waals surface area contributed by atoms with Crippen molar-refractivity contribution < 1.29 is 9.53 Å². The van der Waals surface area contributed by atoms with Gasteiger partial charge in [-0.25, -0.2) is 0 Å². The number of likely N-dealkylation sites (N-methyl/N-ethyl adjacent to an activating group) is 1. The minimum atomic E-state index is -0.177. The standard InChI is InChI=1S/C14H21N3O2/c1-10-4-5-13(19-3)11(8-10)16-14(18)12-9-17(2)7-6-15-12/h4-5,8,12,15H,6-7,9H2,1-3H3,(H,16,18). The van der Waals surface area contributed by atoms with Gasteiger partial charge in [-0.15, -0.1) is 0 Å². The molecule has 0 radical (unpaired) electrons. The van der Waals surface area contributed by atoms with Gasteiger partial charge in [0.1, 0.15) is 5.75 Å². The van der Waals surface area contributed by atoms with E-state index in [1.54, 1.807) is 7.11 Å². The molecule has 5 heteroatoms. The summed E-state index contributed by atoms with van der Waals surface area (Å²) in [5.74, 6) is 0.665. The number of amides is 1. The number of nitrogens with one attached hydrogen (secondary N) is 2. The zero-order valence-corrected chi connectivity index (χ0v) is 11.7. The van der Waals surface area contributed by atoms with Gasteiger partial charge in [0.05, 0.1) is 18.8 Å². The fourth-order valence-corrected chi connectivity index (χ4v) is 2.21. The molecule has 19 heavy (non-hydrogen) atoms. The van der Waals surface area contributed by atoms with Crippen molar-refractivity contribution in [1.29, 1.82) is 0 Å². The zero-order chi connectivity index (χ0) is 13.8. The van der Waals surface area contributed by atoms with Crippen LogP contribution in [0.1, 0.15) is 5.56 Å². The molecule has 1 fully saturated rings. The van der Waals surface area contributed by atoms with Crippen LogP contribution in [0, 0.1) is 6.92 Å². The largest absolute Gasteiger partial charge is 0.495 e. The number of methoxy groups -OCH3 is 1. The average molecular weight is 263 g/mol. The van der Waals surface area contributed by atoms with E-state index in [0.717, 1.165) is 30.9 Å². The lowest BCUT2D eigenvalue weighted by atomic mass is 10.1. The van der Waals surface area contributed by atoms with Crippen LogP contribution < -0.4 is 15.4 Å². The number of piperazine rings is 1. The van der Waals surface area contributed by atoms with Crippen molar-refractivity contribution >= 4 is 11.6 Å². The second-order valence-corrected chi connectivity index (χ2v) is 4.96. The molecule has 0 aliphatic carbocycles. The highest BCUT2D eigenvalue weighted by Gasteiger charge is 2.24. The number of anilines is 1. The average Bonchev–Trinajstić information content (AvgIpc) is 2.39. The highest BCUT2D eigenvalue weighted by molar-refractivity contribution is 5.96. The van der Waals surface area contributed by atoms with Crippen LogP contribution in [-0.4, -0.2) is 50.6 Å². The first-order valence-electron chi connectivity index (χ1n) is 6.47. The molecule has 0 saturated carbocycles. The van der Waals surface area contributed by atoms with Gasteiger partial charge in [-0.3, -0.25) is 4.79 Å². The van der Waals surface area contributed by atoms with Crippen molar-refractivity contribution in [3.63, 3.8) is 0 Å². The number of hydrogen-bond donors (Lipinski definition) is 2. The van der Waals surface area contributed by atoms with Crippen LogP contribution >= 0.6 is 0 Å². The van der Waals surface area contributed by atoms with Crippen LogP contribution in [0.25, 0.3) is 0 Å². The maximum absolute atomic E-state index is 12.2. The lowest BCUT2D eigenvalue weighted by Gasteiger charge is -2.30. The van der Waals surface area contributed by atoms with Crippen molar-refractivity contribution in [2.75, 3.05) is 39.1 Å². The summed E-state index contributed by atoms with van der Waals surface area (Å²) >= 11 is 0. The number of ether oxygens (including phenoxy) is 1. The predicted octanol–water partition coefficient (Wildman–Crippen LogP) is 0.846. The molecular weight excluding hydrogens is 242 g/mol. The highest BCUT2D eigenvalue weighted by atomic mass is 16.5. The molecule has 1 heterocycles. The van der Waals surface area contributed by atoms with Crippen LogP contribution in [0.15, 0.2) is 18.2 Å². The maximum Gasteiger partial charge on any atom is 0.242 e. The third kappa shape index (κ3) is 3.45. The van der Waals surface area contributed by atoms with Crippen LogP contribution in [0.5, 0.6) is 5.75 Å². The van der Waals surface area contributed by atoms with Crippen molar-refractivity contribution in [1.82, 2.24) is 10.2 Å². The molecule has 2 N–H and O–H groups in total. The molecule has 2 rings (SSSR count). The maximum atomic E-state index is 12.2. The Morgan fingerprint density at radius 1 is 1.53 bits per heavy atom. The summed E-state index contributed by atoms with van der Waals surface area (Å²) in [4.78, 5) is 14.4. The van der Waals surface area contributed by atoms with Gasteiger partial charge in [-0.05, 0) is 31.7 Å². The lowest BCUT2D eigenvalue weighted by molar-refractivity contribution is -0.119. The third-order valence-corrected chi connectivity index (χ3v) is 3.31. The van der Waals surface area contributed by atoms with Gasteiger partial charge >= 0.3 is 0 Å². The molecule has 0 aromatic heterocycles. The first-order chi connectivity index (χ1) is 9.10. The number of benzene rings is 1. The summed E-state index contributed by atoms with van der Waals surface area (Å²) in [5.41, 5.74) is 1.81. The van der Waals surface area contributed by atoms with E-state index < -0.39 is 0 Å². The van der Waals surface area contributed by atoms with E-state index in [2.05, 4.69) is 15.5 Å². The normalized spacial score (nSPS) is 20.1. The van der Waals surface area contributed by atoms with E-state index in [-0.39, 0.29) is 11.9 Å². The van der Waals surface area contributed by atoms with Crippen molar-refractivity contribution in [3.05, 3.63) is 23.8 Å². The van der Waals surface area contributed by atoms with E-state index >= 15 is 0 Å². The molecule has 1 atom stereocenters. The molecule has 1 aliphatic heterocycles. The Labute approximate surface area is 113 Å². The Morgan fingerprint density at radius 3 is 3.00 bits per heavy atom. The van der Waals surface area contributed by atoms with Gasteiger partial charge in [0.2, 0.25) is 5.91 Å². The Hall–Kier alpha value is -1.59. The van der Waals surface area contributed by atoms with Gasteiger partial charge in [0, 0.05) is 19.6 Å². The number of hydrogen-bond acceptors (Lipinski definition) is 4. The minimum Gasteiger partial charge on any atom is -0.495 e. The van der Waals surface area contributed by atoms with Crippen LogP contribution in [0.4, 0.5) is 5.69 Å².